The Kier molecular flexibility index (Phi) is 6.61. The lowest BCUT2D eigenvalue weighted by molar-refractivity contribution is -0.122. The number of ketones is 2. The normalized spacial score (nSPS) is 22.8. The van der Waals surface area contributed by atoms with Gasteiger partial charge in [0.2, 0.25) is 5.91 Å². The summed E-state index contributed by atoms with van der Waals surface area (Å²) in [5.74, 6) is -0.725. The first kappa shape index (κ1) is 27.7. The van der Waals surface area contributed by atoms with Crippen LogP contribution in [-0.4, -0.2) is 41.6 Å². The molecule has 220 valence electrons. The van der Waals surface area contributed by atoms with E-state index >= 15 is 0 Å². The zero-order valence-corrected chi connectivity index (χ0v) is 24.7. The number of hydrogen-bond donors (Lipinski definition) is 1. The summed E-state index contributed by atoms with van der Waals surface area (Å²) in [6, 6.07) is 27.7. The van der Waals surface area contributed by atoms with Crippen LogP contribution < -0.4 is 14.8 Å². The first-order valence-electron chi connectivity index (χ1n) is 14.8. The van der Waals surface area contributed by atoms with Gasteiger partial charge in [-0.25, -0.2) is 0 Å². The first-order chi connectivity index (χ1) is 21.3. The van der Waals surface area contributed by atoms with E-state index in [1.54, 1.807) is 55.6 Å². The van der Waals surface area contributed by atoms with Crippen LogP contribution in [0.1, 0.15) is 57.3 Å². The van der Waals surface area contributed by atoms with Crippen molar-refractivity contribution in [2.45, 2.75) is 37.5 Å². The summed E-state index contributed by atoms with van der Waals surface area (Å²) in [5, 5.41) is 3.08. The van der Waals surface area contributed by atoms with Gasteiger partial charge in [0, 0.05) is 23.0 Å². The van der Waals surface area contributed by atoms with Crippen molar-refractivity contribution in [3.8, 4) is 11.5 Å². The van der Waals surface area contributed by atoms with Gasteiger partial charge in [0.15, 0.2) is 11.6 Å². The fraction of sp³-hybridized carbons (Fsp3) is 0.216. The van der Waals surface area contributed by atoms with Gasteiger partial charge in [-0.1, -0.05) is 54.6 Å². The number of fused-ring (bicyclic) bond motifs is 6. The molecule has 0 saturated carbocycles. The SMILES string of the molecule is COc1cccc(C(=O)[C@@H]2[C@@H](C(=O)c3ccc(OC(C)C)cc3)N3C=Cc4ccccc4[C@@H]3[C@@]23C(=O)Nc2ccccc23)c1. The number of anilines is 1. The Labute approximate surface area is 256 Å². The molecule has 7 rings (SSSR count). The Morgan fingerprint density at radius 3 is 2.36 bits per heavy atom. The van der Waals surface area contributed by atoms with E-state index in [1.165, 1.54) is 0 Å². The molecule has 1 amide bonds. The van der Waals surface area contributed by atoms with Crippen LogP contribution in [-0.2, 0) is 10.2 Å². The van der Waals surface area contributed by atoms with E-state index in [-0.39, 0.29) is 23.6 Å². The fourth-order valence-corrected chi connectivity index (χ4v) is 7.26. The van der Waals surface area contributed by atoms with Crippen LogP contribution in [0, 0.1) is 5.92 Å². The maximum atomic E-state index is 15.0. The quantitative estimate of drug-likeness (QED) is 0.251. The summed E-state index contributed by atoms with van der Waals surface area (Å²) < 4.78 is 11.3. The highest BCUT2D eigenvalue weighted by Crippen LogP contribution is 2.62. The third-order valence-electron chi connectivity index (χ3n) is 8.99. The average molecular weight is 585 g/mol. The monoisotopic (exact) mass is 584 g/mol. The molecule has 4 aromatic carbocycles. The highest BCUT2D eigenvalue weighted by atomic mass is 16.5. The van der Waals surface area contributed by atoms with Crippen LogP contribution >= 0.6 is 0 Å². The van der Waals surface area contributed by atoms with Gasteiger partial charge in [-0.2, -0.15) is 0 Å². The number of carbonyl (C=O) groups is 3. The number of ether oxygens (including phenoxy) is 2. The van der Waals surface area contributed by atoms with Gasteiger partial charge in [0.1, 0.15) is 23.0 Å². The molecule has 1 fully saturated rings. The molecule has 3 aliphatic rings. The largest absolute Gasteiger partial charge is 0.497 e. The Bertz CT molecular complexity index is 1830. The minimum atomic E-state index is -1.39. The van der Waals surface area contributed by atoms with E-state index in [2.05, 4.69) is 5.32 Å². The third kappa shape index (κ3) is 4.07. The molecule has 1 N–H and O–H groups in total. The van der Waals surface area contributed by atoms with Crippen LogP contribution in [0.25, 0.3) is 6.08 Å². The van der Waals surface area contributed by atoms with Gasteiger partial charge >= 0.3 is 0 Å². The molecule has 7 heteroatoms. The van der Waals surface area contributed by atoms with Gasteiger partial charge in [-0.15, -0.1) is 0 Å². The average Bonchev–Trinajstić information content (AvgIpc) is 3.52. The smallest absolute Gasteiger partial charge is 0.238 e. The minimum Gasteiger partial charge on any atom is -0.497 e. The lowest BCUT2D eigenvalue weighted by Crippen LogP contribution is -2.49. The van der Waals surface area contributed by atoms with E-state index < -0.39 is 23.4 Å². The Hall–Kier alpha value is -5.17. The molecule has 4 atom stereocenters. The molecular formula is C37H32N2O5. The second kappa shape index (κ2) is 10.5. The predicted octanol–water partition coefficient (Wildman–Crippen LogP) is 6.46. The van der Waals surface area contributed by atoms with Crippen molar-refractivity contribution in [1.29, 1.82) is 0 Å². The number of carbonyl (C=O) groups excluding carboxylic acids is 3. The van der Waals surface area contributed by atoms with Crippen molar-refractivity contribution >= 4 is 29.2 Å². The molecule has 0 radical (unpaired) electrons. The number of benzene rings is 4. The van der Waals surface area contributed by atoms with E-state index in [1.807, 2.05) is 79.6 Å². The summed E-state index contributed by atoms with van der Waals surface area (Å²) in [6.45, 7) is 3.88. The molecule has 7 nitrogen and oxygen atoms in total. The fourth-order valence-electron chi connectivity index (χ4n) is 7.26. The molecule has 1 saturated heterocycles. The van der Waals surface area contributed by atoms with Gasteiger partial charge < -0.3 is 19.7 Å². The number of nitrogens with zero attached hydrogens (tertiary/aromatic N) is 1. The second-order valence-electron chi connectivity index (χ2n) is 11.7. The second-order valence-corrected chi connectivity index (χ2v) is 11.7. The van der Waals surface area contributed by atoms with Crippen molar-refractivity contribution in [1.82, 2.24) is 4.90 Å². The molecule has 1 spiro atoms. The van der Waals surface area contributed by atoms with Crippen molar-refractivity contribution in [2.24, 2.45) is 5.92 Å². The molecule has 0 aromatic heterocycles. The highest BCUT2D eigenvalue weighted by molar-refractivity contribution is 6.16. The topological polar surface area (TPSA) is 84.9 Å². The van der Waals surface area contributed by atoms with Crippen LogP contribution in [0.15, 0.2) is 103 Å². The molecule has 3 heterocycles. The number of methoxy groups -OCH3 is 1. The van der Waals surface area contributed by atoms with Gasteiger partial charge in [-0.3, -0.25) is 14.4 Å². The molecule has 4 aromatic rings. The van der Waals surface area contributed by atoms with Gasteiger partial charge in [0.25, 0.3) is 0 Å². The van der Waals surface area contributed by atoms with E-state index in [0.717, 1.165) is 11.1 Å². The molecule has 0 aliphatic carbocycles. The Balaban J connectivity index is 1.48. The molecule has 44 heavy (non-hydrogen) atoms. The van der Waals surface area contributed by atoms with E-state index in [9.17, 15) is 14.4 Å². The summed E-state index contributed by atoms with van der Waals surface area (Å²) in [7, 11) is 1.54. The zero-order chi connectivity index (χ0) is 30.6. The van der Waals surface area contributed by atoms with Crippen molar-refractivity contribution < 1.29 is 23.9 Å². The minimum absolute atomic E-state index is 0.0173. The molecule has 0 unspecified atom stereocenters. The Morgan fingerprint density at radius 2 is 1.59 bits per heavy atom. The third-order valence-corrected chi connectivity index (χ3v) is 8.99. The van der Waals surface area contributed by atoms with Crippen LogP contribution in [0.2, 0.25) is 0 Å². The number of amides is 1. The van der Waals surface area contributed by atoms with Crippen LogP contribution in [0.5, 0.6) is 11.5 Å². The standard InChI is InChI=1S/C37H32N2O5/c1-22(2)44-26-17-15-24(16-18-26)34(41)32-31(33(40)25-10-8-11-27(21-25)43-3)37(29-13-6-7-14-30(29)38-36(37)42)35-28-12-5-4-9-23(28)19-20-39(32)35/h4-22,31-32,35H,1-3H3,(H,38,42)/t31-,32-,35+,37-/m0/s1. The number of rotatable bonds is 7. The van der Waals surface area contributed by atoms with Crippen LogP contribution in [0.4, 0.5) is 5.69 Å². The van der Waals surface area contributed by atoms with E-state index in [0.29, 0.717) is 33.9 Å². The van der Waals surface area contributed by atoms with Crippen LogP contribution in [0.3, 0.4) is 0 Å². The number of para-hydroxylation sites is 1. The lowest BCUT2D eigenvalue weighted by Gasteiger charge is -2.38. The first-order valence-corrected chi connectivity index (χ1v) is 14.8. The summed E-state index contributed by atoms with van der Waals surface area (Å²) in [5.41, 5.74) is 2.62. The Morgan fingerprint density at radius 1 is 0.841 bits per heavy atom. The summed E-state index contributed by atoms with van der Waals surface area (Å²) in [6.07, 6.45) is 3.81. The van der Waals surface area contributed by atoms with Gasteiger partial charge in [-0.05, 0) is 79.1 Å². The number of hydrogen-bond acceptors (Lipinski definition) is 6. The lowest BCUT2D eigenvalue weighted by atomic mass is 9.62. The maximum absolute atomic E-state index is 15.0. The molecule has 0 bridgehead atoms. The zero-order valence-electron chi connectivity index (χ0n) is 24.7. The van der Waals surface area contributed by atoms with Crippen molar-refractivity contribution in [3.63, 3.8) is 0 Å². The number of Topliss-reactive ketones (excluding diaryl/α,β-unsaturated/α-hetero) is 2. The van der Waals surface area contributed by atoms with E-state index in [4.69, 9.17) is 9.47 Å². The van der Waals surface area contributed by atoms with Crippen molar-refractivity contribution in [3.05, 3.63) is 131 Å². The van der Waals surface area contributed by atoms with Gasteiger partial charge in [0.05, 0.1) is 25.2 Å². The maximum Gasteiger partial charge on any atom is 0.238 e. The highest BCUT2D eigenvalue weighted by Gasteiger charge is 2.70. The summed E-state index contributed by atoms with van der Waals surface area (Å²) >= 11 is 0. The molecular weight excluding hydrogens is 552 g/mol. The predicted molar refractivity (Wildman–Crippen MR) is 168 cm³/mol. The number of nitrogens with one attached hydrogen (secondary N) is 1. The molecule has 3 aliphatic heterocycles. The summed E-state index contributed by atoms with van der Waals surface area (Å²) in [4.78, 5) is 46.2. The van der Waals surface area contributed by atoms with Crippen molar-refractivity contribution in [2.75, 3.05) is 12.4 Å².